The van der Waals surface area contributed by atoms with Crippen LogP contribution < -0.4 is 10.6 Å². The van der Waals surface area contributed by atoms with Crippen LogP contribution in [0.1, 0.15) is 33.1 Å². The first-order valence-electron chi connectivity index (χ1n) is 6.29. The van der Waals surface area contributed by atoms with Gasteiger partial charge in [-0.25, -0.2) is 0 Å². The van der Waals surface area contributed by atoms with Crippen LogP contribution in [0.5, 0.6) is 0 Å². The third-order valence-electron chi connectivity index (χ3n) is 2.76. The molecule has 17 heavy (non-hydrogen) atoms. The van der Waals surface area contributed by atoms with Crippen molar-refractivity contribution in [2.24, 2.45) is 5.92 Å². The average molecular weight is 265 g/mol. The van der Waals surface area contributed by atoms with E-state index in [9.17, 15) is 4.79 Å². The molecule has 0 spiro atoms. The smallest absolute Gasteiger partial charge is 0.237 e. The summed E-state index contributed by atoms with van der Waals surface area (Å²) in [6.45, 7) is 7.34. The van der Waals surface area contributed by atoms with Crippen LogP contribution in [0, 0.1) is 5.92 Å². The zero-order valence-corrected chi connectivity index (χ0v) is 11.6. The quantitative estimate of drug-likeness (QED) is 0.683. The third-order valence-corrected chi connectivity index (χ3v) is 2.76. The van der Waals surface area contributed by atoms with Gasteiger partial charge in [0.1, 0.15) is 0 Å². The number of hydrogen-bond acceptors (Lipinski definition) is 3. The van der Waals surface area contributed by atoms with Gasteiger partial charge in [0, 0.05) is 13.2 Å². The number of rotatable bonds is 7. The van der Waals surface area contributed by atoms with Crippen LogP contribution in [0.25, 0.3) is 0 Å². The van der Waals surface area contributed by atoms with Gasteiger partial charge in [-0.05, 0) is 31.7 Å². The second-order valence-corrected chi connectivity index (χ2v) is 4.73. The lowest BCUT2D eigenvalue weighted by molar-refractivity contribution is -0.123. The fraction of sp³-hybridized carbons (Fsp3) is 0.917. The van der Waals surface area contributed by atoms with Gasteiger partial charge >= 0.3 is 0 Å². The van der Waals surface area contributed by atoms with Crippen molar-refractivity contribution in [1.82, 2.24) is 10.6 Å². The molecule has 1 aliphatic heterocycles. The number of carbonyl (C=O) groups excluding carboxylic acids is 1. The largest absolute Gasteiger partial charge is 0.380 e. The van der Waals surface area contributed by atoms with Gasteiger partial charge in [0.15, 0.2) is 0 Å². The van der Waals surface area contributed by atoms with Gasteiger partial charge in [-0.3, -0.25) is 4.79 Å². The summed E-state index contributed by atoms with van der Waals surface area (Å²) in [5, 5.41) is 6.06. The molecule has 1 amide bonds. The van der Waals surface area contributed by atoms with Gasteiger partial charge in [0.05, 0.1) is 12.6 Å². The molecule has 0 aliphatic carbocycles. The molecule has 1 rings (SSSR count). The highest BCUT2D eigenvalue weighted by atomic mass is 35.5. The van der Waals surface area contributed by atoms with Gasteiger partial charge in [-0.1, -0.05) is 13.8 Å². The molecule has 1 atom stereocenters. The molecule has 4 nitrogen and oxygen atoms in total. The Balaban J connectivity index is 0.00000256. The Labute approximate surface area is 110 Å². The summed E-state index contributed by atoms with van der Waals surface area (Å²) >= 11 is 0. The minimum atomic E-state index is 0. The van der Waals surface area contributed by atoms with E-state index >= 15 is 0 Å². The first kappa shape index (κ1) is 16.7. The van der Waals surface area contributed by atoms with Gasteiger partial charge in [0.2, 0.25) is 5.91 Å². The summed E-state index contributed by atoms with van der Waals surface area (Å²) in [5.41, 5.74) is 0. The highest BCUT2D eigenvalue weighted by molar-refractivity contribution is 5.85. The van der Waals surface area contributed by atoms with Crippen LogP contribution in [0.4, 0.5) is 0 Å². The molecule has 0 radical (unpaired) electrons. The second kappa shape index (κ2) is 9.68. The van der Waals surface area contributed by atoms with Crippen LogP contribution in [0.2, 0.25) is 0 Å². The molecule has 2 N–H and O–H groups in total. The molecule has 0 saturated carbocycles. The molecule has 1 heterocycles. The summed E-state index contributed by atoms with van der Waals surface area (Å²) in [6.07, 6.45) is 3.14. The highest BCUT2D eigenvalue weighted by Crippen LogP contribution is 2.04. The number of nitrogens with one attached hydrogen (secondary N) is 2. The van der Waals surface area contributed by atoms with Crippen LogP contribution in [0.15, 0.2) is 0 Å². The fourth-order valence-corrected chi connectivity index (χ4v) is 1.70. The highest BCUT2D eigenvalue weighted by Gasteiger charge is 2.20. The van der Waals surface area contributed by atoms with Crippen molar-refractivity contribution >= 4 is 18.3 Å². The van der Waals surface area contributed by atoms with E-state index in [0.29, 0.717) is 19.1 Å². The van der Waals surface area contributed by atoms with E-state index in [1.54, 1.807) is 0 Å². The van der Waals surface area contributed by atoms with E-state index in [1.807, 2.05) is 0 Å². The van der Waals surface area contributed by atoms with Gasteiger partial charge < -0.3 is 15.4 Å². The lowest BCUT2D eigenvalue weighted by Gasteiger charge is -2.11. The molecule has 0 aromatic rings. The number of carbonyl (C=O) groups is 1. The van der Waals surface area contributed by atoms with E-state index in [2.05, 4.69) is 24.5 Å². The molecule has 1 fully saturated rings. The van der Waals surface area contributed by atoms with Gasteiger partial charge in [-0.2, -0.15) is 0 Å². The lowest BCUT2D eigenvalue weighted by atomic mass is 10.1. The van der Waals surface area contributed by atoms with Crippen LogP contribution in [-0.2, 0) is 9.53 Å². The maximum absolute atomic E-state index is 11.6. The Morgan fingerprint density at radius 2 is 2.24 bits per heavy atom. The molecule has 1 aliphatic rings. The molecule has 5 heteroatoms. The second-order valence-electron chi connectivity index (χ2n) is 4.73. The summed E-state index contributed by atoms with van der Waals surface area (Å²) in [7, 11) is 0. The first-order valence-corrected chi connectivity index (χ1v) is 6.29. The van der Waals surface area contributed by atoms with Crippen molar-refractivity contribution in [2.75, 3.05) is 26.3 Å². The maximum Gasteiger partial charge on any atom is 0.237 e. The number of hydrogen-bond donors (Lipinski definition) is 2. The zero-order chi connectivity index (χ0) is 11.8. The summed E-state index contributed by atoms with van der Waals surface area (Å²) in [6, 6.07) is 0.0238. The third kappa shape index (κ3) is 7.58. The van der Waals surface area contributed by atoms with Crippen LogP contribution >= 0.6 is 12.4 Å². The Morgan fingerprint density at radius 1 is 1.47 bits per heavy atom. The van der Waals surface area contributed by atoms with E-state index in [0.717, 1.165) is 32.4 Å². The molecule has 1 unspecified atom stereocenters. The van der Waals surface area contributed by atoms with E-state index in [4.69, 9.17) is 4.74 Å². The number of ether oxygens (including phenoxy) is 1. The normalized spacial score (nSPS) is 19.1. The molecular weight excluding hydrogens is 240 g/mol. The lowest BCUT2D eigenvalue weighted by Crippen LogP contribution is -2.41. The number of halogens is 1. The van der Waals surface area contributed by atoms with E-state index in [-0.39, 0.29) is 24.4 Å². The van der Waals surface area contributed by atoms with Gasteiger partial charge in [0.25, 0.3) is 0 Å². The predicted molar refractivity (Wildman–Crippen MR) is 71.6 cm³/mol. The average Bonchev–Trinajstić information content (AvgIpc) is 2.75. The van der Waals surface area contributed by atoms with Crippen molar-refractivity contribution in [3.8, 4) is 0 Å². The first-order chi connectivity index (χ1) is 7.70. The molecule has 102 valence electrons. The summed E-state index contributed by atoms with van der Waals surface area (Å²) in [5.74, 6) is 0.794. The van der Waals surface area contributed by atoms with Crippen molar-refractivity contribution in [3.05, 3.63) is 0 Å². The predicted octanol–water partition coefficient (Wildman–Crippen LogP) is 1.34. The minimum Gasteiger partial charge on any atom is -0.380 e. The van der Waals surface area contributed by atoms with E-state index in [1.165, 1.54) is 0 Å². The standard InChI is InChI=1S/C12H24N2O2.ClH/c1-10(2)5-8-16-9-7-14-12(15)11-4-3-6-13-11;/h10-11,13H,3-9H2,1-2H3,(H,14,15);1H. The van der Waals surface area contributed by atoms with Crippen molar-refractivity contribution in [2.45, 2.75) is 39.2 Å². The summed E-state index contributed by atoms with van der Waals surface area (Å²) < 4.78 is 5.42. The SMILES string of the molecule is CC(C)CCOCCNC(=O)C1CCCN1.Cl. The molecule has 1 saturated heterocycles. The summed E-state index contributed by atoms with van der Waals surface area (Å²) in [4.78, 5) is 11.6. The fourth-order valence-electron chi connectivity index (χ4n) is 1.70. The molecular formula is C12H25ClN2O2. The Kier molecular flexibility index (Phi) is 9.50. The van der Waals surface area contributed by atoms with Gasteiger partial charge in [-0.15, -0.1) is 12.4 Å². The van der Waals surface area contributed by atoms with Crippen LogP contribution in [0.3, 0.4) is 0 Å². The maximum atomic E-state index is 11.6. The molecule has 0 bridgehead atoms. The van der Waals surface area contributed by atoms with Crippen LogP contribution in [-0.4, -0.2) is 38.3 Å². The monoisotopic (exact) mass is 264 g/mol. The van der Waals surface area contributed by atoms with Crippen molar-refractivity contribution in [1.29, 1.82) is 0 Å². The van der Waals surface area contributed by atoms with Crippen molar-refractivity contribution < 1.29 is 9.53 Å². The Morgan fingerprint density at radius 3 is 2.82 bits per heavy atom. The minimum absolute atomic E-state index is 0. The topological polar surface area (TPSA) is 50.4 Å². The number of amides is 1. The molecule has 0 aromatic carbocycles. The Hall–Kier alpha value is -0.320. The zero-order valence-electron chi connectivity index (χ0n) is 10.8. The van der Waals surface area contributed by atoms with Crippen molar-refractivity contribution in [3.63, 3.8) is 0 Å². The Bertz CT molecular complexity index is 207. The van der Waals surface area contributed by atoms with E-state index < -0.39 is 0 Å². The molecule has 0 aromatic heterocycles.